The number of rotatable bonds is 6. The van der Waals surface area contributed by atoms with E-state index in [2.05, 4.69) is 15.5 Å². The van der Waals surface area contributed by atoms with Gasteiger partial charge in [0, 0.05) is 18.8 Å². The van der Waals surface area contributed by atoms with Crippen molar-refractivity contribution in [1.29, 1.82) is 0 Å². The van der Waals surface area contributed by atoms with Gasteiger partial charge in [-0.3, -0.25) is 4.79 Å². The first-order chi connectivity index (χ1) is 11.7. The zero-order chi connectivity index (χ0) is 16.9. The number of nitrogens with zero attached hydrogens (tertiary/aromatic N) is 2. The standard InChI is InChI=1S/C17H17N3O3S/c1-11-15(16(23-20-11)13-4-3-9-24-13)17(21)18-8-7-12-5-6-14(22-2)19-10-12/h3-6,9-10H,7-8H2,1-2H3,(H,18,21). The minimum Gasteiger partial charge on any atom is -0.481 e. The molecule has 24 heavy (non-hydrogen) atoms. The molecule has 7 heteroatoms. The van der Waals surface area contributed by atoms with Crippen molar-refractivity contribution in [2.45, 2.75) is 13.3 Å². The fourth-order valence-electron chi connectivity index (χ4n) is 2.30. The first kappa shape index (κ1) is 16.2. The fourth-order valence-corrected chi connectivity index (χ4v) is 3.01. The molecule has 0 aliphatic heterocycles. The Kier molecular flexibility index (Phi) is 4.90. The van der Waals surface area contributed by atoms with Gasteiger partial charge in [-0.25, -0.2) is 4.98 Å². The molecule has 0 spiro atoms. The summed E-state index contributed by atoms with van der Waals surface area (Å²) in [5.74, 6) is 0.910. The SMILES string of the molecule is COc1ccc(CCNC(=O)c2c(C)noc2-c2cccs2)cn1. The maximum Gasteiger partial charge on any atom is 0.257 e. The number of hydrogen-bond acceptors (Lipinski definition) is 6. The molecule has 0 fully saturated rings. The quantitative estimate of drug-likeness (QED) is 0.744. The monoisotopic (exact) mass is 343 g/mol. The van der Waals surface area contributed by atoms with E-state index in [4.69, 9.17) is 9.26 Å². The molecule has 0 radical (unpaired) electrons. The Labute approximate surface area is 143 Å². The number of amides is 1. The van der Waals surface area contributed by atoms with Crippen LogP contribution in [0.1, 0.15) is 21.6 Å². The van der Waals surface area contributed by atoms with E-state index >= 15 is 0 Å². The summed E-state index contributed by atoms with van der Waals surface area (Å²) >= 11 is 1.51. The molecule has 0 aromatic carbocycles. The summed E-state index contributed by atoms with van der Waals surface area (Å²) < 4.78 is 10.4. The van der Waals surface area contributed by atoms with E-state index < -0.39 is 0 Å². The number of pyridine rings is 1. The molecular formula is C17H17N3O3S. The molecule has 0 aliphatic carbocycles. The highest BCUT2D eigenvalue weighted by Gasteiger charge is 2.22. The van der Waals surface area contributed by atoms with Crippen molar-refractivity contribution in [1.82, 2.24) is 15.5 Å². The summed E-state index contributed by atoms with van der Waals surface area (Å²) in [5.41, 5.74) is 2.10. The van der Waals surface area contributed by atoms with Crippen LogP contribution in [-0.2, 0) is 6.42 Å². The normalized spacial score (nSPS) is 10.6. The van der Waals surface area contributed by atoms with Gasteiger partial charge in [0.1, 0.15) is 5.56 Å². The summed E-state index contributed by atoms with van der Waals surface area (Å²) in [6.45, 7) is 2.27. The molecule has 3 aromatic rings. The Morgan fingerprint density at radius 1 is 1.38 bits per heavy atom. The van der Waals surface area contributed by atoms with Gasteiger partial charge in [-0.15, -0.1) is 11.3 Å². The number of ether oxygens (including phenoxy) is 1. The number of carbonyl (C=O) groups is 1. The van der Waals surface area contributed by atoms with Crippen molar-refractivity contribution in [2.24, 2.45) is 0 Å². The van der Waals surface area contributed by atoms with Gasteiger partial charge >= 0.3 is 0 Å². The molecule has 3 heterocycles. The first-order valence-electron chi connectivity index (χ1n) is 7.46. The second kappa shape index (κ2) is 7.27. The van der Waals surface area contributed by atoms with Gasteiger partial charge in [-0.1, -0.05) is 17.3 Å². The van der Waals surface area contributed by atoms with E-state index in [0.29, 0.717) is 35.9 Å². The molecule has 0 saturated heterocycles. The molecule has 1 N–H and O–H groups in total. The molecule has 0 bridgehead atoms. The van der Waals surface area contributed by atoms with Crippen molar-refractivity contribution in [2.75, 3.05) is 13.7 Å². The number of hydrogen-bond donors (Lipinski definition) is 1. The molecule has 3 rings (SSSR count). The molecule has 0 aliphatic rings. The lowest BCUT2D eigenvalue weighted by Gasteiger charge is -2.06. The zero-order valence-corrected chi connectivity index (χ0v) is 14.2. The second-order valence-corrected chi connectivity index (χ2v) is 6.11. The van der Waals surface area contributed by atoms with Crippen LogP contribution in [0, 0.1) is 6.92 Å². The summed E-state index contributed by atoms with van der Waals surface area (Å²) in [7, 11) is 1.58. The van der Waals surface area contributed by atoms with Crippen LogP contribution in [0.15, 0.2) is 40.4 Å². The molecule has 6 nitrogen and oxygen atoms in total. The van der Waals surface area contributed by atoms with Gasteiger partial charge in [0.25, 0.3) is 5.91 Å². The van der Waals surface area contributed by atoms with E-state index in [-0.39, 0.29) is 5.91 Å². The Morgan fingerprint density at radius 2 is 2.25 bits per heavy atom. The lowest BCUT2D eigenvalue weighted by atomic mass is 10.1. The lowest BCUT2D eigenvalue weighted by Crippen LogP contribution is -2.26. The highest BCUT2D eigenvalue weighted by Crippen LogP contribution is 2.29. The van der Waals surface area contributed by atoms with Crippen LogP contribution in [0.25, 0.3) is 10.6 Å². The molecule has 1 amide bonds. The van der Waals surface area contributed by atoms with Crippen molar-refractivity contribution < 1.29 is 14.1 Å². The Hall–Kier alpha value is -2.67. The van der Waals surface area contributed by atoms with Crippen LogP contribution in [0.2, 0.25) is 0 Å². The van der Waals surface area contributed by atoms with Gasteiger partial charge in [0.15, 0.2) is 5.76 Å². The minimum atomic E-state index is -0.182. The Morgan fingerprint density at radius 3 is 2.92 bits per heavy atom. The first-order valence-corrected chi connectivity index (χ1v) is 8.34. The predicted octanol–water partition coefficient (Wildman–Crippen LogP) is 3.09. The third-order valence-electron chi connectivity index (χ3n) is 3.54. The third kappa shape index (κ3) is 3.46. The molecule has 0 saturated carbocycles. The average molecular weight is 343 g/mol. The van der Waals surface area contributed by atoms with Crippen LogP contribution >= 0.6 is 11.3 Å². The Bertz CT molecular complexity index is 810. The largest absolute Gasteiger partial charge is 0.481 e. The molecule has 3 aromatic heterocycles. The van der Waals surface area contributed by atoms with Crippen LogP contribution in [0.3, 0.4) is 0 Å². The summed E-state index contributed by atoms with van der Waals surface area (Å²) in [6.07, 6.45) is 2.42. The number of methoxy groups -OCH3 is 1. The minimum absolute atomic E-state index is 0.182. The summed E-state index contributed by atoms with van der Waals surface area (Å²) in [4.78, 5) is 17.5. The Balaban J connectivity index is 1.64. The van der Waals surface area contributed by atoms with E-state index in [9.17, 15) is 4.79 Å². The average Bonchev–Trinajstić information content (AvgIpc) is 3.24. The number of aromatic nitrogens is 2. The van der Waals surface area contributed by atoms with Gasteiger partial charge in [0.05, 0.1) is 17.7 Å². The maximum absolute atomic E-state index is 12.5. The van der Waals surface area contributed by atoms with Gasteiger partial charge in [0.2, 0.25) is 5.88 Å². The maximum atomic E-state index is 12.5. The molecular weight excluding hydrogens is 326 g/mol. The summed E-state index contributed by atoms with van der Waals surface area (Å²) in [5, 5.41) is 8.77. The highest BCUT2D eigenvalue weighted by molar-refractivity contribution is 7.13. The van der Waals surface area contributed by atoms with Gasteiger partial charge < -0.3 is 14.6 Å². The van der Waals surface area contributed by atoms with Crippen LogP contribution in [0.4, 0.5) is 0 Å². The van der Waals surface area contributed by atoms with Crippen molar-refractivity contribution in [3.8, 4) is 16.5 Å². The van der Waals surface area contributed by atoms with Crippen LogP contribution in [0.5, 0.6) is 5.88 Å². The van der Waals surface area contributed by atoms with Crippen LogP contribution in [-0.4, -0.2) is 29.7 Å². The number of thiophene rings is 1. The number of nitrogens with one attached hydrogen (secondary N) is 1. The van der Waals surface area contributed by atoms with E-state index in [1.807, 2.05) is 23.6 Å². The smallest absolute Gasteiger partial charge is 0.257 e. The van der Waals surface area contributed by atoms with E-state index in [1.165, 1.54) is 11.3 Å². The van der Waals surface area contributed by atoms with Gasteiger partial charge in [-0.2, -0.15) is 0 Å². The second-order valence-electron chi connectivity index (χ2n) is 5.16. The summed E-state index contributed by atoms with van der Waals surface area (Å²) in [6, 6.07) is 7.55. The molecule has 0 atom stereocenters. The molecule has 124 valence electrons. The number of carbonyl (C=O) groups excluding carboxylic acids is 1. The van der Waals surface area contributed by atoms with E-state index in [1.54, 1.807) is 26.3 Å². The zero-order valence-electron chi connectivity index (χ0n) is 13.4. The predicted molar refractivity (Wildman–Crippen MR) is 91.4 cm³/mol. The van der Waals surface area contributed by atoms with Crippen molar-refractivity contribution >= 4 is 17.2 Å². The number of aryl methyl sites for hydroxylation is 1. The van der Waals surface area contributed by atoms with Crippen molar-refractivity contribution in [3.05, 3.63) is 52.7 Å². The fraction of sp³-hybridized carbons (Fsp3) is 0.235. The van der Waals surface area contributed by atoms with Crippen molar-refractivity contribution in [3.63, 3.8) is 0 Å². The third-order valence-corrected chi connectivity index (χ3v) is 4.41. The lowest BCUT2D eigenvalue weighted by molar-refractivity contribution is 0.0954. The highest BCUT2D eigenvalue weighted by atomic mass is 32.1. The topological polar surface area (TPSA) is 77.2 Å². The molecule has 0 unspecified atom stereocenters. The van der Waals surface area contributed by atoms with E-state index in [0.717, 1.165) is 10.4 Å². The van der Waals surface area contributed by atoms with Gasteiger partial charge in [-0.05, 0) is 30.4 Å². The van der Waals surface area contributed by atoms with Crippen LogP contribution < -0.4 is 10.1 Å².